The lowest BCUT2D eigenvalue weighted by molar-refractivity contribution is 0.448. The molecule has 0 aromatic heterocycles. The average molecular weight is 479 g/mol. The van der Waals surface area contributed by atoms with E-state index in [1.165, 1.54) is 51.4 Å². The van der Waals surface area contributed by atoms with Gasteiger partial charge in [0.05, 0.1) is 0 Å². The van der Waals surface area contributed by atoms with Crippen molar-refractivity contribution in [3.8, 4) is 0 Å². The summed E-state index contributed by atoms with van der Waals surface area (Å²) in [5, 5.41) is 0. The second-order valence-corrected chi connectivity index (χ2v) is 18.2. The second-order valence-electron chi connectivity index (χ2n) is 13.2. The molecular formula is C30H56P2. The zero-order valence-corrected chi connectivity index (χ0v) is 24.0. The molecular weight excluding hydrogens is 422 g/mol. The van der Waals surface area contributed by atoms with Gasteiger partial charge >= 0.3 is 0 Å². The van der Waals surface area contributed by atoms with Gasteiger partial charge in [0.1, 0.15) is 0 Å². The highest BCUT2D eigenvalue weighted by molar-refractivity contribution is 7.61. The third-order valence-corrected chi connectivity index (χ3v) is 16.9. The summed E-state index contributed by atoms with van der Waals surface area (Å²) in [6.45, 7) is 10.3. The highest BCUT2D eigenvalue weighted by atomic mass is 31.1. The summed E-state index contributed by atoms with van der Waals surface area (Å²) in [7, 11) is 0.580. The van der Waals surface area contributed by atoms with Crippen LogP contribution in [0.4, 0.5) is 0 Å². The van der Waals surface area contributed by atoms with Gasteiger partial charge in [0.2, 0.25) is 0 Å². The van der Waals surface area contributed by atoms with Crippen molar-refractivity contribution in [1.29, 1.82) is 0 Å². The van der Waals surface area contributed by atoms with Gasteiger partial charge in [-0.05, 0) is 110 Å². The van der Waals surface area contributed by atoms with Crippen molar-refractivity contribution in [2.24, 2.45) is 47.3 Å². The van der Waals surface area contributed by atoms with Gasteiger partial charge < -0.3 is 0 Å². The molecule has 0 N–H and O–H groups in total. The first-order chi connectivity index (χ1) is 15.5. The molecule has 0 spiro atoms. The van der Waals surface area contributed by atoms with Crippen LogP contribution >= 0.6 is 15.8 Å². The Morgan fingerprint density at radius 2 is 0.656 bits per heavy atom. The lowest BCUT2D eigenvalue weighted by Gasteiger charge is -2.32. The van der Waals surface area contributed by atoms with Crippen molar-refractivity contribution >= 4 is 15.8 Å². The van der Waals surface area contributed by atoms with Gasteiger partial charge in [-0.15, -0.1) is 15.8 Å². The molecule has 0 heterocycles. The molecule has 32 heavy (non-hydrogen) atoms. The highest BCUT2D eigenvalue weighted by Crippen LogP contribution is 2.54. The van der Waals surface area contributed by atoms with E-state index in [-0.39, 0.29) is 15.8 Å². The van der Waals surface area contributed by atoms with Gasteiger partial charge in [-0.1, -0.05) is 79.1 Å². The molecule has 8 atom stereocenters. The molecule has 0 amide bonds. The topological polar surface area (TPSA) is 0 Å². The first-order valence-corrected chi connectivity index (χ1v) is 18.7. The summed E-state index contributed by atoms with van der Waals surface area (Å²) in [5.41, 5.74) is 0. The Bertz CT molecular complexity index is 455. The molecule has 0 radical (unpaired) electrons. The molecule has 4 aliphatic carbocycles. The van der Waals surface area contributed by atoms with Gasteiger partial charge in [-0.3, -0.25) is 0 Å². The van der Waals surface area contributed by atoms with E-state index >= 15 is 0 Å². The lowest BCUT2D eigenvalue weighted by atomic mass is 10.0. The minimum atomic E-state index is 0.290. The molecule has 0 saturated heterocycles. The first-order valence-electron chi connectivity index (χ1n) is 14.9. The van der Waals surface area contributed by atoms with Crippen LogP contribution < -0.4 is 0 Å². The molecule has 0 nitrogen and oxygen atoms in total. The molecule has 0 aromatic rings. The summed E-state index contributed by atoms with van der Waals surface area (Å²) in [6, 6.07) is 0. The molecule has 0 aromatic carbocycles. The quantitative estimate of drug-likeness (QED) is 0.259. The minimum Gasteiger partial charge on any atom is -0.106 e. The third-order valence-electron chi connectivity index (χ3n) is 10.9. The van der Waals surface area contributed by atoms with Crippen LogP contribution in [0.15, 0.2) is 0 Å². The summed E-state index contributed by atoms with van der Waals surface area (Å²) in [6.07, 6.45) is 28.4. The standard InChI is InChI=1S/C30H56P2/c1-23-9-5-13-27(23)19-31(20-28-14-6-10-24(28)2)17-18-32(21-29-15-7-11-25(29)3)22-30-16-8-12-26(30)4/h23-30H,5-22H2,1-4H3. The molecule has 0 bridgehead atoms. The maximum Gasteiger partial charge on any atom is -0.0286 e. The second kappa shape index (κ2) is 12.7. The predicted molar refractivity (Wildman–Crippen MR) is 149 cm³/mol. The maximum absolute atomic E-state index is 2.58. The molecule has 2 heteroatoms. The lowest BCUT2D eigenvalue weighted by Crippen LogP contribution is -2.19. The maximum atomic E-state index is 2.58. The van der Waals surface area contributed by atoms with E-state index in [4.69, 9.17) is 0 Å². The van der Waals surface area contributed by atoms with Crippen LogP contribution in [-0.2, 0) is 0 Å². The van der Waals surface area contributed by atoms with Gasteiger partial charge in [-0.2, -0.15) is 0 Å². The molecule has 186 valence electrons. The summed E-state index contributed by atoms with van der Waals surface area (Å²) in [5.74, 6) is 8.48. The number of hydrogen-bond donors (Lipinski definition) is 0. The Labute approximate surface area is 204 Å². The summed E-state index contributed by atoms with van der Waals surface area (Å²) < 4.78 is 0. The summed E-state index contributed by atoms with van der Waals surface area (Å²) >= 11 is 0. The largest absolute Gasteiger partial charge is 0.106 e. The molecule has 4 aliphatic rings. The average Bonchev–Trinajstić information content (AvgIpc) is 3.55. The van der Waals surface area contributed by atoms with Crippen LogP contribution in [0, 0.1) is 47.3 Å². The van der Waals surface area contributed by atoms with Crippen molar-refractivity contribution in [2.45, 2.75) is 105 Å². The zero-order valence-electron chi connectivity index (χ0n) is 22.2. The van der Waals surface area contributed by atoms with E-state index < -0.39 is 0 Å². The number of rotatable bonds is 11. The Balaban J connectivity index is 1.37. The van der Waals surface area contributed by atoms with Crippen LogP contribution in [0.1, 0.15) is 105 Å². The molecule has 0 aliphatic heterocycles. The van der Waals surface area contributed by atoms with E-state index in [0.717, 1.165) is 47.3 Å². The van der Waals surface area contributed by atoms with E-state index in [1.807, 2.05) is 0 Å². The minimum absolute atomic E-state index is 0.290. The van der Waals surface area contributed by atoms with Crippen molar-refractivity contribution < 1.29 is 0 Å². The molecule has 8 unspecified atom stereocenters. The third kappa shape index (κ3) is 7.19. The summed E-state index contributed by atoms with van der Waals surface area (Å²) in [4.78, 5) is 0. The van der Waals surface area contributed by atoms with Crippen LogP contribution in [-0.4, -0.2) is 37.0 Å². The monoisotopic (exact) mass is 478 g/mol. The fraction of sp³-hybridized carbons (Fsp3) is 1.00. The SMILES string of the molecule is CC1CCCC1CP(CCP(CC1CCCC1C)CC1CCCC1C)CC1CCCC1C. The van der Waals surface area contributed by atoms with Crippen LogP contribution in [0.2, 0.25) is 0 Å². The fourth-order valence-corrected chi connectivity index (χ4v) is 16.2. The molecule has 4 rings (SSSR count). The van der Waals surface area contributed by atoms with Crippen LogP contribution in [0.25, 0.3) is 0 Å². The Kier molecular flexibility index (Phi) is 10.3. The molecule has 4 saturated carbocycles. The van der Waals surface area contributed by atoms with Crippen LogP contribution in [0.3, 0.4) is 0 Å². The van der Waals surface area contributed by atoms with E-state index in [9.17, 15) is 0 Å². The van der Waals surface area contributed by atoms with Crippen molar-refractivity contribution in [1.82, 2.24) is 0 Å². The Morgan fingerprint density at radius 1 is 0.406 bits per heavy atom. The van der Waals surface area contributed by atoms with Gasteiger partial charge in [0.25, 0.3) is 0 Å². The molecule has 4 fully saturated rings. The normalized spacial score (nSPS) is 42.0. The van der Waals surface area contributed by atoms with E-state index in [2.05, 4.69) is 27.7 Å². The smallest absolute Gasteiger partial charge is 0.0286 e. The zero-order chi connectivity index (χ0) is 22.5. The first kappa shape index (κ1) is 25.9. The van der Waals surface area contributed by atoms with Gasteiger partial charge in [0.15, 0.2) is 0 Å². The van der Waals surface area contributed by atoms with E-state index in [0.29, 0.717) is 0 Å². The number of hydrogen-bond acceptors (Lipinski definition) is 0. The van der Waals surface area contributed by atoms with Gasteiger partial charge in [-0.25, -0.2) is 0 Å². The van der Waals surface area contributed by atoms with Crippen molar-refractivity contribution in [2.75, 3.05) is 37.0 Å². The van der Waals surface area contributed by atoms with Crippen LogP contribution in [0.5, 0.6) is 0 Å². The Hall–Kier alpha value is 0.860. The van der Waals surface area contributed by atoms with Crippen molar-refractivity contribution in [3.05, 3.63) is 0 Å². The highest BCUT2D eigenvalue weighted by Gasteiger charge is 2.33. The predicted octanol–water partition coefficient (Wildman–Crippen LogP) is 9.69. The van der Waals surface area contributed by atoms with Crippen molar-refractivity contribution in [3.63, 3.8) is 0 Å². The van der Waals surface area contributed by atoms with Gasteiger partial charge in [0, 0.05) is 0 Å². The Morgan fingerprint density at radius 3 is 0.844 bits per heavy atom. The fourth-order valence-electron chi connectivity index (χ4n) is 8.10. The van der Waals surface area contributed by atoms with E-state index in [1.54, 1.807) is 62.7 Å².